The van der Waals surface area contributed by atoms with Crippen LogP contribution in [0.5, 0.6) is 5.75 Å². The van der Waals surface area contributed by atoms with Crippen molar-refractivity contribution in [2.45, 2.75) is 37.8 Å². The topological polar surface area (TPSA) is 109 Å². The van der Waals surface area contributed by atoms with Gasteiger partial charge in [-0.3, -0.25) is 9.59 Å². The molecule has 1 amide bonds. The highest BCUT2D eigenvalue weighted by Gasteiger charge is 2.25. The fourth-order valence-corrected chi connectivity index (χ4v) is 4.44. The van der Waals surface area contributed by atoms with Gasteiger partial charge in [0.25, 0.3) is 11.5 Å². The third-order valence-electron chi connectivity index (χ3n) is 6.27. The monoisotopic (exact) mass is 447 g/mol. The van der Waals surface area contributed by atoms with Crippen LogP contribution < -0.4 is 15.6 Å². The Bertz CT molecular complexity index is 1350. The van der Waals surface area contributed by atoms with Gasteiger partial charge in [0.15, 0.2) is 0 Å². The van der Waals surface area contributed by atoms with E-state index in [-0.39, 0.29) is 17.5 Å². The quantitative estimate of drug-likeness (QED) is 0.503. The lowest BCUT2D eigenvalue weighted by molar-refractivity contribution is 0.0918. The first-order valence-corrected chi connectivity index (χ1v) is 10.9. The number of methoxy groups -OCH3 is 1. The van der Waals surface area contributed by atoms with E-state index in [0.29, 0.717) is 28.6 Å². The van der Waals surface area contributed by atoms with Crippen LogP contribution in [0.2, 0.25) is 0 Å². The smallest absolute Gasteiger partial charge is 0.276 e. The average Bonchev–Trinajstić information content (AvgIpc) is 3.50. The maximum atomic E-state index is 13.1. The van der Waals surface area contributed by atoms with E-state index >= 15 is 0 Å². The Hall–Kier alpha value is -3.95. The van der Waals surface area contributed by atoms with Gasteiger partial charge in [0.05, 0.1) is 30.4 Å². The van der Waals surface area contributed by atoms with E-state index in [2.05, 4.69) is 20.7 Å². The Morgan fingerprint density at radius 1 is 1.18 bits per heavy atom. The standard InChI is InChI=1S/C23H25N7O3/c1-28-10-3-4-20(23(28)32)30-14-15-12-18(21(33-2)13-19(15)26-30)22(31)25-16-5-7-17(8-6-16)29-11-9-24-27-29/h3-4,9-14,16-17H,5-8H2,1-2H3,(H,25,31). The average molecular weight is 447 g/mol. The van der Waals surface area contributed by atoms with Gasteiger partial charge in [0.2, 0.25) is 0 Å². The number of carbonyl (C=O) groups is 1. The summed E-state index contributed by atoms with van der Waals surface area (Å²) in [6.45, 7) is 0. The van der Waals surface area contributed by atoms with Crippen LogP contribution in [0.4, 0.5) is 0 Å². The van der Waals surface area contributed by atoms with E-state index in [1.54, 1.807) is 54.6 Å². The van der Waals surface area contributed by atoms with Gasteiger partial charge in [-0.1, -0.05) is 5.21 Å². The van der Waals surface area contributed by atoms with Crippen LogP contribution >= 0.6 is 0 Å². The molecule has 0 unspecified atom stereocenters. The minimum absolute atomic E-state index is 0.0905. The Morgan fingerprint density at radius 2 is 2.00 bits per heavy atom. The predicted octanol–water partition coefficient (Wildman–Crippen LogP) is 2.24. The number of aryl methyl sites for hydroxylation is 1. The molecule has 0 radical (unpaired) electrons. The SMILES string of the molecule is COc1cc2nn(-c3cccn(C)c3=O)cc2cc1C(=O)NC1CCC(n2ccnn2)CC1. The second-order valence-corrected chi connectivity index (χ2v) is 8.36. The van der Waals surface area contributed by atoms with Crippen LogP contribution in [0.25, 0.3) is 16.6 Å². The largest absolute Gasteiger partial charge is 0.496 e. The maximum Gasteiger partial charge on any atom is 0.276 e. The second-order valence-electron chi connectivity index (χ2n) is 8.36. The zero-order valence-electron chi connectivity index (χ0n) is 18.5. The second kappa shape index (κ2) is 8.53. The molecule has 3 heterocycles. The lowest BCUT2D eigenvalue weighted by atomic mass is 9.91. The predicted molar refractivity (Wildman–Crippen MR) is 122 cm³/mol. The number of nitrogens with zero attached hydrogens (tertiary/aromatic N) is 6. The molecule has 3 aromatic heterocycles. The molecule has 170 valence electrons. The molecule has 10 heteroatoms. The molecule has 0 atom stereocenters. The Labute approximate surface area is 189 Å². The van der Waals surface area contributed by atoms with Crippen molar-refractivity contribution >= 4 is 16.8 Å². The highest BCUT2D eigenvalue weighted by Crippen LogP contribution is 2.29. The molecule has 1 saturated carbocycles. The summed E-state index contributed by atoms with van der Waals surface area (Å²) >= 11 is 0. The molecule has 0 spiro atoms. The molecule has 1 aliphatic carbocycles. The van der Waals surface area contributed by atoms with Gasteiger partial charge in [0.1, 0.15) is 11.4 Å². The molecule has 1 fully saturated rings. The number of carbonyl (C=O) groups excluding carboxylic acids is 1. The molecule has 5 rings (SSSR count). The van der Waals surface area contributed by atoms with Crippen molar-refractivity contribution in [1.82, 2.24) is 34.7 Å². The normalized spacial score (nSPS) is 18.4. The number of benzene rings is 1. The number of rotatable bonds is 5. The number of fused-ring (bicyclic) bond motifs is 1. The summed E-state index contributed by atoms with van der Waals surface area (Å²) in [5.41, 5.74) is 1.37. The minimum atomic E-state index is -0.179. The Morgan fingerprint density at radius 3 is 2.73 bits per heavy atom. The minimum Gasteiger partial charge on any atom is -0.496 e. The molecule has 1 N–H and O–H groups in total. The van der Waals surface area contributed by atoms with E-state index in [1.807, 2.05) is 10.9 Å². The number of nitrogens with one attached hydrogen (secondary N) is 1. The van der Waals surface area contributed by atoms with Gasteiger partial charge in [-0.05, 0) is 43.9 Å². The van der Waals surface area contributed by atoms with E-state index in [1.165, 1.54) is 11.7 Å². The van der Waals surface area contributed by atoms with Crippen LogP contribution in [0.1, 0.15) is 42.1 Å². The van der Waals surface area contributed by atoms with Crippen molar-refractivity contribution in [2.24, 2.45) is 7.05 Å². The summed E-state index contributed by atoms with van der Waals surface area (Å²) in [6, 6.07) is 7.42. The van der Waals surface area contributed by atoms with Crippen LogP contribution in [-0.2, 0) is 7.05 Å². The van der Waals surface area contributed by atoms with E-state index < -0.39 is 0 Å². The van der Waals surface area contributed by atoms with Gasteiger partial charge in [-0.15, -0.1) is 5.10 Å². The fraction of sp³-hybridized carbons (Fsp3) is 0.348. The first-order chi connectivity index (χ1) is 16.0. The molecule has 10 nitrogen and oxygen atoms in total. The third-order valence-corrected chi connectivity index (χ3v) is 6.27. The lowest BCUT2D eigenvalue weighted by Crippen LogP contribution is -2.38. The summed E-state index contributed by atoms with van der Waals surface area (Å²) in [4.78, 5) is 25.6. The first kappa shape index (κ1) is 20.9. The summed E-state index contributed by atoms with van der Waals surface area (Å²) < 4.78 is 10.4. The van der Waals surface area contributed by atoms with E-state index in [9.17, 15) is 9.59 Å². The van der Waals surface area contributed by atoms with Gasteiger partial charge >= 0.3 is 0 Å². The van der Waals surface area contributed by atoms with Crippen molar-refractivity contribution in [2.75, 3.05) is 7.11 Å². The molecule has 33 heavy (non-hydrogen) atoms. The number of hydrogen-bond donors (Lipinski definition) is 1. The molecular weight excluding hydrogens is 422 g/mol. The van der Waals surface area contributed by atoms with Gasteiger partial charge in [0, 0.05) is 43.1 Å². The third kappa shape index (κ3) is 3.99. The number of ether oxygens (including phenoxy) is 1. The van der Waals surface area contributed by atoms with Gasteiger partial charge in [-0.2, -0.15) is 5.10 Å². The van der Waals surface area contributed by atoms with Crippen molar-refractivity contribution in [3.8, 4) is 11.4 Å². The van der Waals surface area contributed by atoms with E-state index in [4.69, 9.17) is 4.74 Å². The van der Waals surface area contributed by atoms with Crippen LogP contribution in [0.3, 0.4) is 0 Å². The Balaban J connectivity index is 1.36. The zero-order chi connectivity index (χ0) is 22.9. The van der Waals surface area contributed by atoms with Gasteiger partial charge in [-0.25, -0.2) is 9.36 Å². The molecule has 0 saturated heterocycles. The number of aromatic nitrogens is 6. The fourth-order valence-electron chi connectivity index (χ4n) is 4.44. The summed E-state index contributed by atoms with van der Waals surface area (Å²) in [5.74, 6) is 0.267. The molecule has 1 aromatic carbocycles. The number of hydrogen-bond acceptors (Lipinski definition) is 6. The lowest BCUT2D eigenvalue weighted by Gasteiger charge is -2.29. The maximum absolute atomic E-state index is 13.1. The highest BCUT2D eigenvalue weighted by molar-refractivity contribution is 6.01. The van der Waals surface area contributed by atoms with Gasteiger partial charge < -0.3 is 14.6 Å². The molecule has 4 aromatic rings. The summed E-state index contributed by atoms with van der Waals surface area (Å²) in [6.07, 6.45) is 10.6. The summed E-state index contributed by atoms with van der Waals surface area (Å²) in [5, 5.41) is 16.4. The number of pyridine rings is 1. The van der Waals surface area contributed by atoms with Crippen molar-refractivity contribution < 1.29 is 9.53 Å². The summed E-state index contributed by atoms with van der Waals surface area (Å²) in [7, 11) is 3.23. The molecule has 1 aliphatic rings. The van der Waals surface area contributed by atoms with Crippen molar-refractivity contribution in [3.63, 3.8) is 0 Å². The highest BCUT2D eigenvalue weighted by atomic mass is 16.5. The van der Waals surface area contributed by atoms with E-state index in [0.717, 1.165) is 31.1 Å². The molecular formula is C23H25N7O3. The Kier molecular flexibility index (Phi) is 5.41. The van der Waals surface area contributed by atoms with Crippen LogP contribution in [0.15, 0.2) is 53.8 Å². The zero-order valence-corrected chi connectivity index (χ0v) is 18.5. The molecule has 0 aliphatic heterocycles. The first-order valence-electron chi connectivity index (χ1n) is 10.9. The van der Waals surface area contributed by atoms with Crippen molar-refractivity contribution in [3.05, 3.63) is 65.0 Å². The van der Waals surface area contributed by atoms with Crippen molar-refractivity contribution in [1.29, 1.82) is 0 Å². The number of amides is 1. The molecule has 0 bridgehead atoms. The van der Waals surface area contributed by atoms with Crippen LogP contribution in [0, 0.1) is 0 Å². The van der Waals surface area contributed by atoms with Crippen LogP contribution in [-0.4, -0.2) is 48.4 Å².